The van der Waals surface area contributed by atoms with E-state index in [1.165, 1.54) is 11.5 Å². The number of hydrogen-bond donors (Lipinski definition) is 0. The first-order valence-electron chi connectivity index (χ1n) is 8.59. The Hall–Kier alpha value is -2.27. The number of hydroxylamine groups is 2. The molecule has 0 aliphatic heterocycles. The summed E-state index contributed by atoms with van der Waals surface area (Å²) in [5, 5.41) is 1.46. The molecular weight excluding hydrogens is 332 g/mol. The number of hydrogen-bond acceptors (Lipinski definition) is 4. The summed E-state index contributed by atoms with van der Waals surface area (Å²) < 4.78 is 0. The fourth-order valence-electron chi connectivity index (χ4n) is 3.52. The van der Waals surface area contributed by atoms with E-state index in [-0.39, 0.29) is 5.41 Å². The van der Waals surface area contributed by atoms with E-state index in [0.29, 0.717) is 10.6 Å². The minimum Gasteiger partial charge on any atom is -0.335 e. The van der Waals surface area contributed by atoms with Crippen LogP contribution < -0.4 is 0 Å². The maximum absolute atomic E-state index is 12.3. The van der Waals surface area contributed by atoms with Crippen molar-refractivity contribution in [1.82, 2.24) is 10.0 Å². The Kier molecular flexibility index (Phi) is 5.43. The van der Waals surface area contributed by atoms with Gasteiger partial charge in [0, 0.05) is 19.4 Å². The largest absolute Gasteiger partial charge is 0.363 e. The number of carbonyl (C=O) groups is 1. The number of carbonyl (C=O) groups excluding carboxylic acids is 1. The molecule has 1 heterocycles. The van der Waals surface area contributed by atoms with Crippen LogP contribution in [0.1, 0.15) is 48.0 Å². The first-order valence-corrected chi connectivity index (χ1v) is 9.00. The summed E-state index contributed by atoms with van der Waals surface area (Å²) >= 11 is 5.78. The molecule has 3 rings (SSSR count). The van der Waals surface area contributed by atoms with Gasteiger partial charge in [0.2, 0.25) is 0 Å². The summed E-state index contributed by atoms with van der Waals surface area (Å²) in [7, 11) is 1.72. The van der Waals surface area contributed by atoms with Crippen molar-refractivity contribution in [2.75, 3.05) is 7.05 Å². The maximum atomic E-state index is 12.3. The molecule has 0 radical (unpaired) electrons. The summed E-state index contributed by atoms with van der Waals surface area (Å²) in [6, 6.07) is 13.0. The molecule has 2 aromatic rings. The fraction of sp³-hybridized carbons (Fsp3) is 0.350. The highest BCUT2D eigenvalue weighted by Gasteiger charge is 2.41. The second kappa shape index (κ2) is 7.74. The van der Waals surface area contributed by atoms with Crippen LogP contribution >= 0.6 is 12.2 Å². The number of rotatable bonds is 3. The van der Waals surface area contributed by atoms with Gasteiger partial charge in [-0.15, -0.1) is 0 Å². The van der Waals surface area contributed by atoms with Crippen LogP contribution in [0.15, 0.2) is 54.9 Å². The van der Waals surface area contributed by atoms with Gasteiger partial charge in [-0.25, -0.2) is 9.86 Å². The first kappa shape index (κ1) is 17.5. The van der Waals surface area contributed by atoms with Crippen LogP contribution in [0.3, 0.4) is 0 Å². The summed E-state index contributed by atoms with van der Waals surface area (Å²) in [5.41, 5.74) is 1.31. The SMILES string of the molecule is CN(OC(=O)c1ccccc1)C(=S)C1(c2cccnc2)CCCCC1. The molecule has 0 N–H and O–H groups in total. The topological polar surface area (TPSA) is 42.4 Å². The lowest BCUT2D eigenvalue weighted by Crippen LogP contribution is -2.46. The number of thiocarbonyl (C=S) groups is 1. The van der Waals surface area contributed by atoms with Gasteiger partial charge >= 0.3 is 5.97 Å². The van der Waals surface area contributed by atoms with Gasteiger partial charge in [-0.1, -0.05) is 55.7 Å². The molecule has 0 amide bonds. The summed E-state index contributed by atoms with van der Waals surface area (Å²) in [5.74, 6) is -0.400. The van der Waals surface area contributed by atoms with Crippen LogP contribution in [-0.4, -0.2) is 28.1 Å². The lowest BCUT2D eigenvalue weighted by molar-refractivity contribution is -0.0425. The van der Waals surface area contributed by atoms with Gasteiger partial charge in [0.15, 0.2) is 0 Å². The molecule has 25 heavy (non-hydrogen) atoms. The van der Waals surface area contributed by atoms with E-state index in [4.69, 9.17) is 17.1 Å². The standard InChI is InChI=1S/C20H22N2O2S/c1-22(24-18(23)16-9-4-2-5-10-16)19(25)20(12-6-3-7-13-20)17-11-8-14-21-15-17/h2,4-5,8-11,14-15H,3,6-7,12-13H2,1H3. The van der Waals surface area contributed by atoms with E-state index in [1.807, 2.05) is 30.5 Å². The van der Waals surface area contributed by atoms with Crippen molar-refractivity contribution in [1.29, 1.82) is 0 Å². The predicted molar refractivity (Wildman–Crippen MR) is 101 cm³/mol. The van der Waals surface area contributed by atoms with Crippen LogP contribution in [0.25, 0.3) is 0 Å². The van der Waals surface area contributed by atoms with Crippen molar-refractivity contribution >= 4 is 23.2 Å². The molecule has 130 valence electrons. The van der Waals surface area contributed by atoms with Gasteiger partial charge in [-0.2, -0.15) is 0 Å². The Labute approximate surface area is 153 Å². The maximum Gasteiger partial charge on any atom is 0.363 e. The van der Waals surface area contributed by atoms with E-state index >= 15 is 0 Å². The van der Waals surface area contributed by atoms with Crippen molar-refractivity contribution in [2.24, 2.45) is 0 Å². The molecule has 4 nitrogen and oxygen atoms in total. The fourth-order valence-corrected chi connectivity index (χ4v) is 3.88. The Morgan fingerprint density at radius 1 is 1.12 bits per heavy atom. The molecule has 1 aromatic heterocycles. The van der Waals surface area contributed by atoms with Gasteiger partial charge in [-0.3, -0.25) is 4.98 Å². The first-order chi connectivity index (χ1) is 12.1. The second-order valence-electron chi connectivity index (χ2n) is 6.43. The average molecular weight is 354 g/mol. The number of pyridine rings is 1. The molecular formula is C20H22N2O2S. The predicted octanol–water partition coefficient (Wildman–Crippen LogP) is 4.31. The van der Waals surface area contributed by atoms with Gasteiger partial charge in [0.1, 0.15) is 4.99 Å². The molecule has 1 aromatic carbocycles. The third-order valence-electron chi connectivity index (χ3n) is 4.85. The Bertz CT molecular complexity index is 728. The van der Waals surface area contributed by atoms with Gasteiger partial charge in [-0.05, 0) is 36.6 Å². The van der Waals surface area contributed by atoms with Crippen LogP contribution in [-0.2, 0) is 10.3 Å². The zero-order valence-corrected chi connectivity index (χ0v) is 15.2. The van der Waals surface area contributed by atoms with E-state index in [9.17, 15) is 4.79 Å². The van der Waals surface area contributed by atoms with E-state index in [2.05, 4.69) is 11.1 Å². The van der Waals surface area contributed by atoms with Crippen LogP contribution in [0, 0.1) is 0 Å². The Morgan fingerprint density at radius 2 is 1.84 bits per heavy atom. The molecule has 0 unspecified atom stereocenters. The second-order valence-corrected chi connectivity index (χ2v) is 6.82. The number of nitrogens with zero attached hydrogens (tertiary/aromatic N) is 2. The van der Waals surface area contributed by atoms with Crippen molar-refractivity contribution < 1.29 is 9.63 Å². The van der Waals surface area contributed by atoms with E-state index < -0.39 is 5.97 Å². The summed E-state index contributed by atoms with van der Waals surface area (Å²) in [6.07, 6.45) is 8.96. The smallest absolute Gasteiger partial charge is 0.335 e. The molecule has 0 saturated heterocycles. The molecule has 0 spiro atoms. The quantitative estimate of drug-likeness (QED) is 0.607. The molecule has 1 fully saturated rings. The third-order valence-corrected chi connectivity index (χ3v) is 5.49. The Morgan fingerprint density at radius 3 is 2.48 bits per heavy atom. The molecule has 0 bridgehead atoms. The van der Waals surface area contributed by atoms with Gasteiger partial charge in [0.05, 0.1) is 11.0 Å². The van der Waals surface area contributed by atoms with Crippen LogP contribution in [0.2, 0.25) is 0 Å². The zero-order valence-electron chi connectivity index (χ0n) is 14.4. The van der Waals surface area contributed by atoms with Crippen molar-refractivity contribution in [3.05, 3.63) is 66.0 Å². The van der Waals surface area contributed by atoms with Crippen LogP contribution in [0.4, 0.5) is 0 Å². The van der Waals surface area contributed by atoms with Crippen LogP contribution in [0.5, 0.6) is 0 Å². The molecule has 5 heteroatoms. The minimum absolute atomic E-state index is 0.298. The number of aromatic nitrogens is 1. The van der Waals surface area contributed by atoms with E-state index in [0.717, 1.165) is 31.2 Å². The third kappa shape index (κ3) is 3.71. The van der Waals surface area contributed by atoms with Crippen molar-refractivity contribution in [3.8, 4) is 0 Å². The Balaban J connectivity index is 1.81. The minimum atomic E-state index is -0.400. The molecule has 0 atom stereocenters. The average Bonchev–Trinajstić information content (AvgIpc) is 2.69. The highest BCUT2D eigenvalue weighted by atomic mass is 32.1. The monoisotopic (exact) mass is 354 g/mol. The van der Waals surface area contributed by atoms with Gasteiger partial charge in [0.25, 0.3) is 0 Å². The summed E-state index contributed by atoms with van der Waals surface area (Å²) in [4.78, 5) is 22.8. The number of likely N-dealkylation sites (N-methyl/N-ethyl adjacent to an activating group) is 1. The lowest BCUT2D eigenvalue weighted by atomic mass is 9.69. The number of benzene rings is 1. The summed E-state index contributed by atoms with van der Waals surface area (Å²) in [6.45, 7) is 0. The van der Waals surface area contributed by atoms with Crippen molar-refractivity contribution in [3.63, 3.8) is 0 Å². The lowest BCUT2D eigenvalue weighted by Gasteiger charge is -2.40. The van der Waals surface area contributed by atoms with Crippen molar-refractivity contribution in [2.45, 2.75) is 37.5 Å². The van der Waals surface area contributed by atoms with Gasteiger partial charge < -0.3 is 4.84 Å². The molecule has 1 saturated carbocycles. The highest BCUT2D eigenvalue weighted by molar-refractivity contribution is 7.80. The zero-order chi connectivity index (χ0) is 17.7. The highest BCUT2D eigenvalue weighted by Crippen LogP contribution is 2.41. The molecule has 1 aliphatic rings. The van der Waals surface area contributed by atoms with E-state index in [1.54, 1.807) is 25.4 Å². The molecule has 1 aliphatic carbocycles. The normalized spacial score (nSPS) is 16.0.